The molecular weight excluding hydrogens is 329 g/mol. The van der Waals surface area contributed by atoms with Crippen LogP contribution in [0.3, 0.4) is 0 Å². The summed E-state index contributed by atoms with van der Waals surface area (Å²) in [6.45, 7) is 1.71. The lowest BCUT2D eigenvalue weighted by molar-refractivity contribution is 0.198. The number of benzene rings is 1. The summed E-state index contributed by atoms with van der Waals surface area (Å²) >= 11 is 2.21. The van der Waals surface area contributed by atoms with Crippen molar-refractivity contribution in [2.75, 3.05) is 0 Å². The van der Waals surface area contributed by atoms with Crippen LogP contribution in [-0.2, 0) is 0 Å². The van der Waals surface area contributed by atoms with Gasteiger partial charge in [0, 0.05) is 12.3 Å². The molecule has 1 atom stereocenters. The van der Waals surface area contributed by atoms with E-state index in [0.29, 0.717) is 5.88 Å². The number of halogens is 1. The maximum atomic E-state index is 9.37. The topological polar surface area (TPSA) is 42.4 Å². The predicted octanol–water partition coefficient (Wildman–Crippen LogP) is 3.53. The van der Waals surface area contributed by atoms with Crippen molar-refractivity contribution in [3.8, 4) is 11.6 Å². The second kappa shape index (κ2) is 5.46. The number of nitrogens with zero attached hydrogens (tertiary/aromatic N) is 1. The average Bonchev–Trinajstić information content (AvgIpc) is 2.33. The van der Waals surface area contributed by atoms with Crippen molar-refractivity contribution in [3.05, 3.63) is 51.7 Å². The van der Waals surface area contributed by atoms with E-state index in [1.807, 2.05) is 30.3 Å². The monoisotopic (exact) mass is 341 g/mol. The summed E-state index contributed by atoms with van der Waals surface area (Å²) in [4.78, 5) is 4.15. The van der Waals surface area contributed by atoms with Crippen LogP contribution in [0.4, 0.5) is 0 Å². The summed E-state index contributed by atoms with van der Waals surface area (Å²) in [6, 6.07) is 11.3. The van der Waals surface area contributed by atoms with Crippen molar-refractivity contribution in [2.45, 2.75) is 13.0 Å². The molecule has 0 amide bonds. The molecule has 2 rings (SSSR count). The second-order valence-electron chi connectivity index (χ2n) is 3.64. The minimum Gasteiger partial charge on any atom is -0.438 e. The van der Waals surface area contributed by atoms with Gasteiger partial charge in [0.2, 0.25) is 5.88 Å². The average molecular weight is 341 g/mol. The summed E-state index contributed by atoms with van der Waals surface area (Å²) in [7, 11) is 0. The lowest BCUT2D eigenvalue weighted by atomic mass is 10.2. The molecule has 3 nitrogen and oxygen atoms in total. The molecule has 1 heterocycles. The Labute approximate surface area is 114 Å². The Kier molecular flexibility index (Phi) is 3.96. The quantitative estimate of drug-likeness (QED) is 0.869. The zero-order valence-corrected chi connectivity index (χ0v) is 11.5. The van der Waals surface area contributed by atoms with Crippen molar-refractivity contribution < 1.29 is 9.84 Å². The fourth-order valence-electron chi connectivity index (χ4n) is 1.34. The SMILES string of the molecule is C[C@@H](O)c1ccc(Oc2ccccc2I)nc1. The van der Waals surface area contributed by atoms with Crippen molar-refractivity contribution >= 4 is 22.6 Å². The lowest BCUT2D eigenvalue weighted by Gasteiger charge is -2.08. The molecule has 88 valence electrons. The summed E-state index contributed by atoms with van der Waals surface area (Å²) < 4.78 is 6.68. The molecule has 0 bridgehead atoms. The Morgan fingerprint density at radius 3 is 2.59 bits per heavy atom. The first-order valence-corrected chi connectivity index (χ1v) is 6.31. The van der Waals surface area contributed by atoms with Crippen LogP contribution >= 0.6 is 22.6 Å². The van der Waals surface area contributed by atoms with Crippen LogP contribution in [0.2, 0.25) is 0 Å². The van der Waals surface area contributed by atoms with E-state index in [-0.39, 0.29) is 0 Å². The normalized spacial score (nSPS) is 12.2. The first-order chi connectivity index (χ1) is 8.16. The standard InChI is InChI=1S/C13H12INO2/c1-9(16)10-6-7-13(15-8-10)17-12-5-3-2-4-11(12)14/h2-9,16H,1H3/t9-/m1/s1. The van der Waals surface area contributed by atoms with E-state index in [4.69, 9.17) is 4.74 Å². The molecule has 0 aliphatic heterocycles. The van der Waals surface area contributed by atoms with Crippen molar-refractivity contribution in [2.24, 2.45) is 0 Å². The van der Waals surface area contributed by atoms with Gasteiger partial charge in [-0.05, 0) is 53.3 Å². The third-order valence-electron chi connectivity index (χ3n) is 2.29. The van der Waals surface area contributed by atoms with Gasteiger partial charge in [-0.15, -0.1) is 0 Å². The van der Waals surface area contributed by atoms with Crippen LogP contribution in [0.25, 0.3) is 0 Å². The summed E-state index contributed by atoms with van der Waals surface area (Å²) in [5.74, 6) is 1.31. The van der Waals surface area contributed by atoms with E-state index in [1.54, 1.807) is 19.2 Å². The van der Waals surface area contributed by atoms with Gasteiger partial charge in [-0.1, -0.05) is 12.1 Å². The largest absolute Gasteiger partial charge is 0.438 e. The number of aromatic nitrogens is 1. The maximum absolute atomic E-state index is 9.37. The smallest absolute Gasteiger partial charge is 0.219 e. The first-order valence-electron chi connectivity index (χ1n) is 5.23. The molecule has 0 fully saturated rings. The summed E-state index contributed by atoms with van der Waals surface area (Å²) in [5.41, 5.74) is 0.778. The molecule has 1 aromatic heterocycles. The van der Waals surface area contributed by atoms with E-state index in [2.05, 4.69) is 27.6 Å². The molecule has 0 aliphatic carbocycles. The van der Waals surface area contributed by atoms with E-state index < -0.39 is 6.10 Å². The highest BCUT2D eigenvalue weighted by Gasteiger charge is 2.04. The molecule has 17 heavy (non-hydrogen) atoms. The van der Waals surface area contributed by atoms with E-state index in [9.17, 15) is 5.11 Å². The molecule has 1 aromatic carbocycles. The van der Waals surface area contributed by atoms with E-state index >= 15 is 0 Å². The molecule has 0 radical (unpaired) electrons. The summed E-state index contributed by atoms with van der Waals surface area (Å²) in [5, 5.41) is 9.37. The van der Waals surface area contributed by atoms with Gasteiger partial charge in [-0.3, -0.25) is 0 Å². The number of pyridine rings is 1. The second-order valence-corrected chi connectivity index (χ2v) is 4.80. The number of hydrogen-bond acceptors (Lipinski definition) is 3. The van der Waals surface area contributed by atoms with E-state index in [0.717, 1.165) is 14.9 Å². The fourth-order valence-corrected chi connectivity index (χ4v) is 1.84. The molecule has 0 unspecified atom stereocenters. The number of aliphatic hydroxyl groups excluding tert-OH is 1. The third kappa shape index (κ3) is 3.17. The number of para-hydroxylation sites is 1. The van der Waals surface area contributed by atoms with Crippen molar-refractivity contribution in [3.63, 3.8) is 0 Å². The van der Waals surface area contributed by atoms with Crippen LogP contribution < -0.4 is 4.74 Å². The molecule has 4 heteroatoms. The molecule has 0 saturated heterocycles. The highest BCUT2D eigenvalue weighted by atomic mass is 127. The Bertz CT molecular complexity index is 497. The van der Waals surface area contributed by atoms with Crippen LogP contribution in [0, 0.1) is 3.57 Å². The minimum atomic E-state index is -0.506. The van der Waals surface area contributed by atoms with Gasteiger partial charge in [-0.2, -0.15) is 0 Å². The molecule has 1 N–H and O–H groups in total. The Morgan fingerprint density at radius 1 is 1.24 bits per heavy atom. The van der Waals surface area contributed by atoms with Gasteiger partial charge in [-0.25, -0.2) is 4.98 Å². The lowest BCUT2D eigenvalue weighted by Crippen LogP contribution is -1.94. The molecule has 2 aromatic rings. The van der Waals surface area contributed by atoms with Gasteiger partial charge < -0.3 is 9.84 Å². The Balaban J connectivity index is 2.17. The Morgan fingerprint density at radius 2 is 2.00 bits per heavy atom. The van der Waals surface area contributed by atoms with Gasteiger partial charge in [0.1, 0.15) is 5.75 Å². The zero-order chi connectivity index (χ0) is 12.3. The Hall–Kier alpha value is -1.14. The van der Waals surface area contributed by atoms with E-state index in [1.165, 1.54) is 0 Å². The van der Waals surface area contributed by atoms with Crippen LogP contribution in [-0.4, -0.2) is 10.1 Å². The van der Waals surface area contributed by atoms with Crippen molar-refractivity contribution in [1.29, 1.82) is 0 Å². The number of rotatable bonds is 3. The number of ether oxygens (including phenoxy) is 1. The fraction of sp³-hybridized carbons (Fsp3) is 0.154. The van der Waals surface area contributed by atoms with Gasteiger partial charge >= 0.3 is 0 Å². The highest BCUT2D eigenvalue weighted by Crippen LogP contribution is 2.25. The third-order valence-corrected chi connectivity index (χ3v) is 3.18. The highest BCUT2D eigenvalue weighted by molar-refractivity contribution is 14.1. The van der Waals surface area contributed by atoms with Gasteiger partial charge in [0.25, 0.3) is 0 Å². The van der Waals surface area contributed by atoms with Crippen LogP contribution in [0.1, 0.15) is 18.6 Å². The molecular formula is C13H12INO2. The first kappa shape index (κ1) is 12.3. The van der Waals surface area contributed by atoms with Gasteiger partial charge in [0.05, 0.1) is 9.67 Å². The molecule has 0 saturated carbocycles. The maximum Gasteiger partial charge on any atom is 0.219 e. The molecule has 0 aliphatic rings. The minimum absolute atomic E-state index is 0.506. The summed E-state index contributed by atoms with van der Waals surface area (Å²) in [6.07, 6.45) is 1.11. The number of hydrogen-bond donors (Lipinski definition) is 1. The number of aliphatic hydroxyl groups is 1. The molecule has 0 spiro atoms. The van der Waals surface area contributed by atoms with Crippen molar-refractivity contribution in [1.82, 2.24) is 4.98 Å². The predicted molar refractivity (Wildman–Crippen MR) is 74.1 cm³/mol. The van der Waals surface area contributed by atoms with Gasteiger partial charge in [0.15, 0.2) is 0 Å². The van der Waals surface area contributed by atoms with Crippen LogP contribution in [0.15, 0.2) is 42.6 Å². The zero-order valence-electron chi connectivity index (χ0n) is 9.30. The van der Waals surface area contributed by atoms with Crippen LogP contribution in [0.5, 0.6) is 11.6 Å².